The number of ether oxygens (including phenoxy) is 2. The number of hydrogen-bond donors (Lipinski definition) is 1. The van der Waals surface area contributed by atoms with Crippen molar-refractivity contribution in [2.24, 2.45) is 0 Å². The molecule has 0 saturated carbocycles. The average molecular weight is 263 g/mol. The highest BCUT2D eigenvalue weighted by molar-refractivity contribution is 5.93. The van der Waals surface area contributed by atoms with Crippen molar-refractivity contribution in [2.45, 2.75) is 13.3 Å². The van der Waals surface area contributed by atoms with Crippen LogP contribution in [0, 0.1) is 0 Å². The van der Waals surface area contributed by atoms with Gasteiger partial charge >= 0.3 is 5.97 Å². The average Bonchev–Trinajstić information content (AvgIpc) is 2.43. The Morgan fingerprint density at radius 1 is 1.37 bits per heavy atom. The predicted octanol–water partition coefficient (Wildman–Crippen LogP) is 2.14. The molecule has 0 spiro atoms. The van der Waals surface area contributed by atoms with Crippen LogP contribution in [0.15, 0.2) is 36.4 Å². The first kappa shape index (κ1) is 14.8. The Bertz CT molecular complexity index is 468. The summed E-state index contributed by atoms with van der Waals surface area (Å²) in [5.41, 5.74) is 0.587. The van der Waals surface area contributed by atoms with Crippen molar-refractivity contribution in [3.05, 3.63) is 36.4 Å². The molecule has 0 saturated heterocycles. The number of amides is 1. The number of allylic oxidation sites excluding steroid dienone is 1. The number of methoxy groups -OCH3 is 1. The highest BCUT2D eigenvalue weighted by Crippen LogP contribution is 2.16. The van der Waals surface area contributed by atoms with Crippen molar-refractivity contribution in [3.63, 3.8) is 0 Å². The van der Waals surface area contributed by atoms with Crippen molar-refractivity contribution in [1.82, 2.24) is 0 Å². The summed E-state index contributed by atoms with van der Waals surface area (Å²) >= 11 is 0. The van der Waals surface area contributed by atoms with Gasteiger partial charge in [0, 0.05) is 17.8 Å². The molecule has 5 nitrogen and oxygen atoms in total. The largest absolute Gasteiger partial charge is 0.497 e. The molecule has 0 aromatic heterocycles. The Hall–Kier alpha value is -2.30. The third-order valence-electron chi connectivity index (χ3n) is 2.19. The molecular weight excluding hydrogens is 246 g/mol. The first-order valence-electron chi connectivity index (χ1n) is 5.93. The van der Waals surface area contributed by atoms with E-state index in [-0.39, 0.29) is 6.61 Å². The Morgan fingerprint density at radius 3 is 2.84 bits per heavy atom. The SMILES string of the molecule is CC/C=C/C(=O)OCC(=O)Nc1cccc(OC)c1. The first-order valence-corrected chi connectivity index (χ1v) is 5.93. The van der Waals surface area contributed by atoms with Crippen LogP contribution < -0.4 is 10.1 Å². The summed E-state index contributed by atoms with van der Waals surface area (Å²) in [6.07, 6.45) is 3.71. The van der Waals surface area contributed by atoms with Crippen LogP contribution in [0.4, 0.5) is 5.69 Å². The lowest BCUT2D eigenvalue weighted by atomic mass is 10.3. The third-order valence-corrected chi connectivity index (χ3v) is 2.19. The second-order valence-electron chi connectivity index (χ2n) is 3.70. The smallest absolute Gasteiger partial charge is 0.330 e. The zero-order valence-corrected chi connectivity index (χ0v) is 11.0. The van der Waals surface area contributed by atoms with Gasteiger partial charge in [0.15, 0.2) is 6.61 Å². The summed E-state index contributed by atoms with van der Waals surface area (Å²) in [4.78, 5) is 22.7. The molecule has 1 amide bonds. The molecule has 0 radical (unpaired) electrons. The molecule has 0 heterocycles. The van der Waals surface area contributed by atoms with E-state index in [0.717, 1.165) is 6.42 Å². The molecule has 19 heavy (non-hydrogen) atoms. The number of esters is 1. The quantitative estimate of drug-likeness (QED) is 0.631. The molecule has 1 aromatic rings. The summed E-state index contributed by atoms with van der Waals surface area (Å²) < 4.78 is 9.80. The Kier molecular flexibility index (Phi) is 6.15. The second kappa shape index (κ2) is 7.92. The molecule has 1 N–H and O–H groups in total. The number of benzene rings is 1. The van der Waals surface area contributed by atoms with E-state index in [9.17, 15) is 9.59 Å². The molecule has 0 unspecified atom stereocenters. The van der Waals surface area contributed by atoms with E-state index < -0.39 is 11.9 Å². The van der Waals surface area contributed by atoms with E-state index in [1.807, 2.05) is 6.92 Å². The molecule has 0 bridgehead atoms. The molecule has 1 rings (SSSR count). The summed E-state index contributed by atoms with van der Waals surface area (Å²) in [6, 6.07) is 6.92. The molecule has 0 aliphatic rings. The van der Waals surface area contributed by atoms with E-state index in [2.05, 4.69) is 5.32 Å². The first-order chi connectivity index (χ1) is 9.15. The maximum Gasteiger partial charge on any atom is 0.330 e. The van der Waals surface area contributed by atoms with Gasteiger partial charge in [-0.15, -0.1) is 0 Å². The zero-order valence-electron chi connectivity index (χ0n) is 11.0. The minimum absolute atomic E-state index is 0.315. The lowest BCUT2D eigenvalue weighted by Crippen LogP contribution is -2.20. The van der Waals surface area contributed by atoms with E-state index in [0.29, 0.717) is 11.4 Å². The molecule has 1 aromatic carbocycles. The van der Waals surface area contributed by atoms with Crippen molar-refractivity contribution in [2.75, 3.05) is 19.0 Å². The van der Waals surface area contributed by atoms with Crippen LogP contribution in [0.25, 0.3) is 0 Å². The van der Waals surface area contributed by atoms with Gasteiger partial charge in [-0.2, -0.15) is 0 Å². The van der Waals surface area contributed by atoms with Gasteiger partial charge in [0.05, 0.1) is 7.11 Å². The van der Waals surface area contributed by atoms with Crippen molar-refractivity contribution in [3.8, 4) is 5.75 Å². The van der Waals surface area contributed by atoms with E-state index >= 15 is 0 Å². The number of rotatable bonds is 6. The maximum atomic E-state index is 11.5. The lowest BCUT2D eigenvalue weighted by molar-refractivity contribution is -0.142. The van der Waals surface area contributed by atoms with Crippen LogP contribution >= 0.6 is 0 Å². The Balaban J connectivity index is 2.42. The summed E-state index contributed by atoms with van der Waals surface area (Å²) in [5.74, 6) is -0.283. The van der Waals surface area contributed by atoms with Crippen LogP contribution in [0.5, 0.6) is 5.75 Å². The fourth-order valence-electron chi connectivity index (χ4n) is 1.30. The molecular formula is C14H17NO4. The molecule has 0 fully saturated rings. The zero-order chi connectivity index (χ0) is 14.1. The van der Waals surface area contributed by atoms with Crippen molar-refractivity contribution < 1.29 is 19.1 Å². The highest BCUT2D eigenvalue weighted by atomic mass is 16.5. The van der Waals surface area contributed by atoms with E-state index in [4.69, 9.17) is 9.47 Å². The molecule has 5 heteroatoms. The van der Waals surface area contributed by atoms with Crippen LogP contribution in [0.1, 0.15) is 13.3 Å². The number of anilines is 1. The lowest BCUT2D eigenvalue weighted by Gasteiger charge is -2.06. The van der Waals surface area contributed by atoms with Crippen LogP contribution in [-0.4, -0.2) is 25.6 Å². The molecule has 0 atom stereocenters. The summed E-state index contributed by atoms with van der Waals surface area (Å²) in [5, 5.41) is 2.61. The summed E-state index contributed by atoms with van der Waals surface area (Å²) in [7, 11) is 1.54. The number of hydrogen-bond acceptors (Lipinski definition) is 4. The van der Waals surface area contributed by atoms with Gasteiger partial charge in [-0.05, 0) is 18.6 Å². The third kappa shape index (κ3) is 5.72. The maximum absolute atomic E-state index is 11.5. The van der Waals surface area contributed by atoms with Gasteiger partial charge < -0.3 is 14.8 Å². The standard InChI is InChI=1S/C14H17NO4/c1-3-4-8-14(17)19-10-13(16)15-11-6-5-7-12(9-11)18-2/h4-9H,3,10H2,1-2H3,(H,15,16)/b8-4+. The summed E-state index contributed by atoms with van der Waals surface area (Å²) in [6.45, 7) is 1.59. The minimum Gasteiger partial charge on any atom is -0.497 e. The molecule has 102 valence electrons. The number of carbonyl (C=O) groups is 2. The highest BCUT2D eigenvalue weighted by Gasteiger charge is 2.05. The van der Waals surface area contributed by atoms with Crippen LogP contribution in [0.2, 0.25) is 0 Å². The normalized spacial score (nSPS) is 10.2. The molecule has 0 aliphatic heterocycles. The van der Waals surface area contributed by atoms with Gasteiger partial charge in [0.1, 0.15) is 5.75 Å². The minimum atomic E-state index is -0.525. The fourth-order valence-corrected chi connectivity index (χ4v) is 1.30. The van der Waals surface area contributed by atoms with Gasteiger partial charge in [-0.3, -0.25) is 4.79 Å². The second-order valence-corrected chi connectivity index (χ2v) is 3.70. The van der Waals surface area contributed by atoms with Crippen LogP contribution in [-0.2, 0) is 14.3 Å². The predicted molar refractivity (Wildman–Crippen MR) is 72.0 cm³/mol. The van der Waals surface area contributed by atoms with Crippen LogP contribution in [0.3, 0.4) is 0 Å². The Labute approximate surface area is 112 Å². The van der Waals surface area contributed by atoms with Gasteiger partial charge in [0.2, 0.25) is 0 Å². The monoisotopic (exact) mass is 263 g/mol. The van der Waals surface area contributed by atoms with E-state index in [1.54, 1.807) is 37.5 Å². The Morgan fingerprint density at radius 2 is 2.16 bits per heavy atom. The van der Waals surface area contributed by atoms with Crippen molar-refractivity contribution in [1.29, 1.82) is 0 Å². The molecule has 0 aliphatic carbocycles. The van der Waals surface area contributed by atoms with Gasteiger partial charge in [-0.25, -0.2) is 4.79 Å². The topological polar surface area (TPSA) is 64.6 Å². The number of nitrogens with one attached hydrogen (secondary N) is 1. The fraction of sp³-hybridized carbons (Fsp3) is 0.286. The van der Waals surface area contributed by atoms with E-state index in [1.165, 1.54) is 6.08 Å². The van der Waals surface area contributed by atoms with Gasteiger partial charge in [0.25, 0.3) is 5.91 Å². The van der Waals surface area contributed by atoms with Gasteiger partial charge in [-0.1, -0.05) is 19.1 Å². The number of carbonyl (C=O) groups excluding carboxylic acids is 2. The van der Waals surface area contributed by atoms with Crippen molar-refractivity contribution >= 4 is 17.6 Å².